The van der Waals surface area contributed by atoms with Crippen molar-refractivity contribution in [3.63, 3.8) is 0 Å². The van der Waals surface area contributed by atoms with Crippen molar-refractivity contribution in [1.82, 2.24) is 9.97 Å². The van der Waals surface area contributed by atoms with Crippen LogP contribution in [0.25, 0.3) is 0 Å². The maximum atomic E-state index is 12.3. The minimum atomic E-state index is -0.267. The molecule has 3 N–H and O–H groups in total. The Hall–Kier alpha value is -3.61. The van der Waals surface area contributed by atoms with Gasteiger partial charge in [0.25, 0.3) is 0 Å². The number of carbonyl (C=O) groups is 1. The SMILES string of the molecule is Cc1cccc(NC(=O)Nc2cccc(CNc3cc(N4CCCC4)ncn3)c2)c1. The zero-order chi connectivity index (χ0) is 20.8. The Bertz CT molecular complexity index is 1020. The Labute approximate surface area is 176 Å². The predicted molar refractivity (Wildman–Crippen MR) is 121 cm³/mol. The summed E-state index contributed by atoms with van der Waals surface area (Å²) in [6, 6.07) is 17.2. The molecule has 4 rings (SSSR count). The second-order valence-electron chi connectivity index (χ2n) is 7.46. The number of aromatic nitrogens is 2. The molecule has 2 heterocycles. The Morgan fingerprint density at radius 3 is 2.47 bits per heavy atom. The number of urea groups is 1. The van der Waals surface area contributed by atoms with Gasteiger partial charge in [-0.25, -0.2) is 14.8 Å². The van der Waals surface area contributed by atoms with Gasteiger partial charge in [-0.1, -0.05) is 24.3 Å². The van der Waals surface area contributed by atoms with E-state index in [0.717, 1.165) is 47.2 Å². The molecule has 0 bridgehead atoms. The molecule has 7 nitrogen and oxygen atoms in total. The number of carbonyl (C=O) groups excluding carboxylic acids is 1. The molecule has 0 spiro atoms. The van der Waals surface area contributed by atoms with Gasteiger partial charge in [-0.05, 0) is 55.2 Å². The molecule has 0 radical (unpaired) electrons. The lowest BCUT2D eigenvalue weighted by atomic mass is 10.2. The van der Waals surface area contributed by atoms with Crippen molar-refractivity contribution >= 4 is 29.0 Å². The Balaban J connectivity index is 1.34. The van der Waals surface area contributed by atoms with E-state index in [2.05, 4.69) is 30.8 Å². The number of amides is 2. The predicted octanol–water partition coefficient (Wildman–Crippen LogP) is 4.64. The molecule has 0 aliphatic carbocycles. The van der Waals surface area contributed by atoms with Gasteiger partial charge in [0, 0.05) is 37.1 Å². The van der Waals surface area contributed by atoms with Crippen molar-refractivity contribution in [2.24, 2.45) is 0 Å². The number of hydrogen-bond acceptors (Lipinski definition) is 5. The molecule has 30 heavy (non-hydrogen) atoms. The molecule has 1 saturated heterocycles. The highest BCUT2D eigenvalue weighted by molar-refractivity contribution is 5.99. The number of nitrogens with zero attached hydrogens (tertiary/aromatic N) is 3. The molecular formula is C23H26N6O. The van der Waals surface area contributed by atoms with E-state index in [4.69, 9.17) is 0 Å². The average Bonchev–Trinajstić information content (AvgIpc) is 3.28. The van der Waals surface area contributed by atoms with Crippen molar-refractivity contribution in [2.75, 3.05) is 33.9 Å². The Kier molecular flexibility index (Phi) is 6.08. The van der Waals surface area contributed by atoms with E-state index >= 15 is 0 Å². The third kappa shape index (κ3) is 5.26. The first-order valence-corrected chi connectivity index (χ1v) is 10.2. The van der Waals surface area contributed by atoms with Crippen LogP contribution in [0.15, 0.2) is 60.9 Å². The fourth-order valence-corrected chi connectivity index (χ4v) is 3.53. The van der Waals surface area contributed by atoms with E-state index in [1.807, 2.05) is 61.5 Å². The van der Waals surface area contributed by atoms with Crippen molar-refractivity contribution in [3.05, 3.63) is 72.1 Å². The van der Waals surface area contributed by atoms with Crippen molar-refractivity contribution in [1.29, 1.82) is 0 Å². The summed E-state index contributed by atoms with van der Waals surface area (Å²) in [5.41, 5.74) is 3.64. The number of nitrogens with one attached hydrogen (secondary N) is 3. The summed E-state index contributed by atoms with van der Waals surface area (Å²) in [5, 5.41) is 9.08. The Morgan fingerprint density at radius 1 is 0.967 bits per heavy atom. The summed E-state index contributed by atoms with van der Waals surface area (Å²) < 4.78 is 0. The molecule has 2 aromatic carbocycles. The van der Waals surface area contributed by atoms with Gasteiger partial charge < -0.3 is 20.9 Å². The van der Waals surface area contributed by atoms with Crippen molar-refractivity contribution in [2.45, 2.75) is 26.3 Å². The normalized spacial score (nSPS) is 13.2. The van der Waals surface area contributed by atoms with Gasteiger partial charge in [0.1, 0.15) is 18.0 Å². The summed E-state index contributed by atoms with van der Waals surface area (Å²) in [4.78, 5) is 23.3. The van der Waals surface area contributed by atoms with Gasteiger partial charge in [0.15, 0.2) is 0 Å². The van der Waals surface area contributed by atoms with Gasteiger partial charge in [-0.2, -0.15) is 0 Å². The largest absolute Gasteiger partial charge is 0.366 e. The Morgan fingerprint density at radius 2 is 1.70 bits per heavy atom. The van der Waals surface area contributed by atoms with Crippen LogP contribution in [-0.2, 0) is 6.54 Å². The number of anilines is 4. The highest BCUT2D eigenvalue weighted by Gasteiger charge is 2.14. The van der Waals surface area contributed by atoms with E-state index in [-0.39, 0.29) is 6.03 Å². The van der Waals surface area contributed by atoms with Crippen LogP contribution in [0.5, 0.6) is 0 Å². The van der Waals surface area contributed by atoms with Crippen LogP contribution in [-0.4, -0.2) is 29.1 Å². The second kappa shape index (κ2) is 9.26. The zero-order valence-electron chi connectivity index (χ0n) is 17.1. The fourth-order valence-electron chi connectivity index (χ4n) is 3.53. The summed E-state index contributed by atoms with van der Waals surface area (Å²) >= 11 is 0. The van der Waals surface area contributed by atoms with Crippen LogP contribution in [0, 0.1) is 6.92 Å². The molecule has 154 valence electrons. The van der Waals surface area contributed by atoms with E-state index in [1.54, 1.807) is 6.33 Å². The standard InChI is InChI=1S/C23H26N6O/c1-17-6-4-8-19(12-17)27-23(30)28-20-9-5-7-18(13-20)15-24-21-14-22(26-16-25-21)29-10-2-3-11-29/h4-9,12-14,16H,2-3,10-11,15H2,1H3,(H,24,25,26)(H2,27,28,30). The maximum absolute atomic E-state index is 12.3. The van der Waals surface area contributed by atoms with Crippen LogP contribution in [0.1, 0.15) is 24.0 Å². The van der Waals surface area contributed by atoms with Crippen LogP contribution >= 0.6 is 0 Å². The van der Waals surface area contributed by atoms with Crippen molar-refractivity contribution < 1.29 is 4.79 Å². The third-order valence-corrected chi connectivity index (χ3v) is 5.02. The molecular weight excluding hydrogens is 376 g/mol. The summed E-state index contributed by atoms with van der Waals surface area (Å²) in [6.45, 7) is 4.69. The van der Waals surface area contributed by atoms with Crippen molar-refractivity contribution in [3.8, 4) is 0 Å². The number of hydrogen-bond donors (Lipinski definition) is 3. The lowest BCUT2D eigenvalue weighted by Gasteiger charge is -2.16. The number of benzene rings is 2. The van der Waals surface area contributed by atoms with Gasteiger partial charge >= 0.3 is 6.03 Å². The highest BCUT2D eigenvalue weighted by Crippen LogP contribution is 2.20. The first-order valence-electron chi connectivity index (χ1n) is 10.2. The highest BCUT2D eigenvalue weighted by atomic mass is 16.2. The molecule has 0 saturated carbocycles. The summed E-state index contributed by atoms with van der Waals surface area (Å²) in [6.07, 6.45) is 4.03. The molecule has 3 aromatic rings. The molecule has 0 unspecified atom stereocenters. The third-order valence-electron chi connectivity index (χ3n) is 5.02. The van der Waals surface area contributed by atoms with Gasteiger partial charge in [0.05, 0.1) is 0 Å². The van der Waals surface area contributed by atoms with Crippen LogP contribution < -0.4 is 20.9 Å². The molecule has 1 aromatic heterocycles. The molecule has 0 atom stereocenters. The quantitative estimate of drug-likeness (QED) is 0.559. The van der Waals surface area contributed by atoms with Gasteiger partial charge in [-0.15, -0.1) is 0 Å². The van der Waals surface area contributed by atoms with E-state index in [1.165, 1.54) is 12.8 Å². The number of rotatable bonds is 6. The lowest BCUT2D eigenvalue weighted by Crippen LogP contribution is -2.19. The van der Waals surface area contributed by atoms with E-state index < -0.39 is 0 Å². The van der Waals surface area contributed by atoms with Crippen LogP contribution in [0.4, 0.5) is 27.8 Å². The average molecular weight is 403 g/mol. The fraction of sp³-hybridized carbons (Fsp3) is 0.261. The first-order chi connectivity index (χ1) is 14.7. The molecule has 7 heteroatoms. The first kappa shape index (κ1) is 19.7. The van der Waals surface area contributed by atoms with E-state index in [0.29, 0.717) is 6.54 Å². The number of aryl methyl sites for hydroxylation is 1. The van der Waals surface area contributed by atoms with Crippen LogP contribution in [0.3, 0.4) is 0 Å². The summed E-state index contributed by atoms with van der Waals surface area (Å²) in [7, 11) is 0. The molecule has 2 amide bonds. The van der Waals surface area contributed by atoms with E-state index in [9.17, 15) is 4.79 Å². The van der Waals surface area contributed by atoms with Gasteiger partial charge in [0.2, 0.25) is 0 Å². The molecule has 1 aliphatic heterocycles. The monoisotopic (exact) mass is 402 g/mol. The molecule has 1 fully saturated rings. The van der Waals surface area contributed by atoms with Crippen LogP contribution in [0.2, 0.25) is 0 Å². The zero-order valence-corrected chi connectivity index (χ0v) is 17.1. The minimum Gasteiger partial charge on any atom is -0.366 e. The topological polar surface area (TPSA) is 82.2 Å². The summed E-state index contributed by atoms with van der Waals surface area (Å²) in [5.74, 6) is 1.76. The van der Waals surface area contributed by atoms with Gasteiger partial charge in [-0.3, -0.25) is 0 Å². The molecule has 1 aliphatic rings. The maximum Gasteiger partial charge on any atom is 0.323 e. The lowest BCUT2D eigenvalue weighted by molar-refractivity contribution is 0.262. The smallest absolute Gasteiger partial charge is 0.323 e. The second-order valence-corrected chi connectivity index (χ2v) is 7.46. The minimum absolute atomic E-state index is 0.267.